The second kappa shape index (κ2) is 6.27. The Morgan fingerprint density at radius 3 is 2.40 bits per heavy atom. The monoisotopic (exact) mass is 216 g/mol. The lowest BCUT2D eigenvalue weighted by Gasteiger charge is -2.27. The van der Waals surface area contributed by atoms with Crippen LogP contribution in [0.4, 0.5) is 4.79 Å². The summed E-state index contributed by atoms with van der Waals surface area (Å²) in [6, 6.07) is -0.231. The summed E-state index contributed by atoms with van der Waals surface area (Å²) in [5.41, 5.74) is -0.148. The van der Waals surface area contributed by atoms with Gasteiger partial charge in [0.1, 0.15) is 0 Å². The predicted octanol–water partition coefficient (Wildman–Crippen LogP) is 1.20. The highest BCUT2D eigenvalue weighted by Crippen LogP contribution is 2.26. The predicted molar refractivity (Wildman–Crippen MR) is 57.7 cm³/mol. The van der Waals surface area contributed by atoms with Gasteiger partial charge in [-0.1, -0.05) is 13.8 Å². The minimum atomic E-state index is -0.797. The lowest BCUT2D eigenvalue weighted by molar-refractivity contribution is -0.137. The molecule has 0 aromatic carbocycles. The Hall–Kier alpha value is -1.26. The van der Waals surface area contributed by atoms with Gasteiger partial charge in [-0.3, -0.25) is 4.79 Å². The van der Waals surface area contributed by atoms with Crippen LogP contribution in [-0.2, 0) is 4.79 Å². The molecule has 2 amide bonds. The second-order valence-electron chi connectivity index (χ2n) is 3.99. The summed E-state index contributed by atoms with van der Waals surface area (Å²) in [7, 11) is 1.55. The quantitative estimate of drug-likeness (QED) is 0.624. The third kappa shape index (κ3) is 5.93. The van der Waals surface area contributed by atoms with E-state index in [9.17, 15) is 9.59 Å². The first-order valence-electron chi connectivity index (χ1n) is 5.11. The number of carbonyl (C=O) groups is 2. The topological polar surface area (TPSA) is 78.4 Å². The van der Waals surface area contributed by atoms with Crippen LogP contribution in [0.2, 0.25) is 0 Å². The van der Waals surface area contributed by atoms with Crippen molar-refractivity contribution in [2.75, 3.05) is 13.6 Å². The van der Waals surface area contributed by atoms with Crippen molar-refractivity contribution in [3.8, 4) is 0 Å². The molecule has 0 saturated heterocycles. The Morgan fingerprint density at radius 1 is 1.40 bits per heavy atom. The number of aliphatic carboxylic acids is 1. The summed E-state index contributed by atoms with van der Waals surface area (Å²) in [5, 5.41) is 13.8. The normalized spacial score (nSPS) is 14.1. The van der Waals surface area contributed by atoms with E-state index in [2.05, 4.69) is 10.6 Å². The lowest BCUT2D eigenvalue weighted by atomic mass is 9.83. The summed E-state index contributed by atoms with van der Waals surface area (Å²) < 4.78 is 0. The van der Waals surface area contributed by atoms with Crippen LogP contribution < -0.4 is 10.6 Å². The van der Waals surface area contributed by atoms with Crippen molar-refractivity contribution in [1.82, 2.24) is 10.6 Å². The summed E-state index contributed by atoms with van der Waals surface area (Å²) >= 11 is 0. The average Bonchev–Trinajstić information content (AvgIpc) is 2.23. The largest absolute Gasteiger partial charge is 0.481 e. The molecule has 3 N–H and O–H groups in total. The molecule has 0 aromatic rings. The van der Waals surface area contributed by atoms with Crippen LogP contribution in [0, 0.1) is 5.41 Å². The van der Waals surface area contributed by atoms with Crippen LogP contribution in [0.1, 0.15) is 33.1 Å². The molecule has 0 aliphatic rings. The van der Waals surface area contributed by atoms with Crippen LogP contribution in [0.3, 0.4) is 0 Å². The van der Waals surface area contributed by atoms with Crippen molar-refractivity contribution in [2.24, 2.45) is 5.41 Å². The van der Waals surface area contributed by atoms with Crippen LogP contribution in [0.15, 0.2) is 0 Å². The van der Waals surface area contributed by atoms with Gasteiger partial charge in [-0.15, -0.1) is 0 Å². The van der Waals surface area contributed by atoms with E-state index in [4.69, 9.17) is 5.11 Å². The Balaban J connectivity index is 4.06. The van der Waals surface area contributed by atoms with Gasteiger partial charge in [0.05, 0.1) is 0 Å². The van der Waals surface area contributed by atoms with Crippen molar-refractivity contribution in [1.29, 1.82) is 0 Å². The minimum Gasteiger partial charge on any atom is -0.481 e. The molecular formula is C10H20N2O3. The van der Waals surface area contributed by atoms with E-state index in [1.807, 2.05) is 13.8 Å². The molecule has 0 aromatic heterocycles. The van der Waals surface area contributed by atoms with Crippen LogP contribution in [0.25, 0.3) is 0 Å². The van der Waals surface area contributed by atoms with Crippen molar-refractivity contribution in [2.45, 2.75) is 33.1 Å². The SMILES string of the molecule is CCC(C)(CCC(=O)O)CNC(=O)NC. The molecule has 15 heavy (non-hydrogen) atoms. The first-order chi connectivity index (χ1) is 6.93. The fraction of sp³-hybridized carbons (Fsp3) is 0.800. The van der Waals surface area contributed by atoms with E-state index in [0.717, 1.165) is 6.42 Å². The van der Waals surface area contributed by atoms with Gasteiger partial charge in [0.15, 0.2) is 0 Å². The molecule has 5 nitrogen and oxygen atoms in total. The molecule has 0 saturated carbocycles. The highest BCUT2D eigenvalue weighted by Gasteiger charge is 2.23. The number of urea groups is 1. The highest BCUT2D eigenvalue weighted by atomic mass is 16.4. The maximum atomic E-state index is 11.0. The molecular weight excluding hydrogens is 196 g/mol. The van der Waals surface area contributed by atoms with Gasteiger partial charge in [0.2, 0.25) is 0 Å². The zero-order valence-corrected chi connectivity index (χ0v) is 9.59. The molecule has 0 heterocycles. The molecule has 0 fully saturated rings. The number of carboxylic acids is 1. The fourth-order valence-electron chi connectivity index (χ4n) is 1.18. The Bertz CT molecular complexity index is 231. The zero-order chi connectivity index (χ0) is 11.9. The molecule has 5 heteroatoms. The number of hydrogen-bond acceptors (Lipinski definition) is 2. The standard InChI is InChI=1S/C10H20N2O3/c1-4-10(2,6-5-8(13)14)7-12-9(15)11-3/h4-7H2,1-3H3,(H,13,14)(H2,11,12,15). The molecule has 0 aliphatic carbocycles. The van der Waals surface area contributed by atoms with Crippen molar-refractivity contribution in [3.05, 3.63) is 0 Å². The van der Waals surface area contributed by atoms with E-state index in [0.29, 0.717) is 13.0 Å². The number of carboxylic acid groups (broad SMARTS) is 1. The fourth-order valence-corrected chi connectivity index (χ4v) is 1.18. The number of rotatable bonds is 6. The van der Waals surface area contributed by atoms with E-state index in [1.54, 1.807) is 7.05 Å². The maximum Gasteiger partial charge on any atom is 0.314 e. The smallest absolute Gasteiger partial charge is 0.314 e. The van der Waals surface area contributed by atoms with Crippen LogP contribution in [-0.4, -0.2) is 30.7 Å². The third-order valence-electron chi connectivity index (χ3n) is 2.70. The maximum absolute atomic E-state index is 11.0. The highest BCUT2D eigenvalue weighted by molar-refractivity contribution is 5.73. The Kier molecular flexibility index (Phi) is 5.74. The number of nitrogens with one attached hydrogen (secondary N) is 2. The molecule has 0 spiro atoms. The van der Waals surface area contributed by atoms with Crippen molar-refractivity contribution in [3.63, 3.8) is 0 Å². The molecule has 0 aliphatic heterocycles. The van der Waals surface area contributed by atoms with E-state index in [-0.39, 0.29) is 17.9 Å². The Labute approximate surface area is 90.2 Å². The molecule has 1 unspecified atom stereocenters. The van der Waals surface area contributed by atoms with Gasteiger partial charge in [0, 0.05) is 20.0 Å². The molecule has 0 bridgehead atoms. The van der Waals surface area contributed by atoms with E-state index in [1.165, 1.54) is 0 Å². The third-order valence-corrected chi connectivity index (χ3v) is 2.70. The first kappa shape index (κ1) is 13.7. The Morgan fingerprint density at radius 2 is 2.00 bits per heavy atom. The zero-order valence-electron chi connectivity index (χ0n) is 9.59. The molecule has 1 atom stereocenters. The van der Waals surface area contributed by atoms with Gasteiger partial charge >= 0.3 is 12.0 Å². The van der Waals surface area contributed by atoms with Gasteiger partial charge < -0.3 is 15.7 Å². The minimum absolute atomic E-state index is 0.139. The lowest BCUT2D eigenvalue weighted by Crippen LogP contribution is -2.40. The van der Waals surface area contributed by atoms with Crippen molar-refractivity contribution >= 4 is 12.0 Å². The van der Waals surface area contributed by atoms with Gasteiger partial charge in [-0.05, 0) is 18.3 Å². The number of amides is 2. The van der Waals surface area contributed by atoms with Crippen LogP contribution >= 0.6 is 0 Å². The first-order valence-corrected chi connectivity index (χ1v) is 5.11. The van der Waals surface area contributed by atoms with Gasteiger partial charge in [-0.25, -0.2) is 4.79 Å². The average molecular weight is 216 g/mol. The molecule has 0 rings (SSSR count). The molecule has 0 radical (unpaired) electrons. The van der Waals surface area contributed by atoms with E-state index < -0.39 is 5.97 Å². The second-order valence-corrected chi connectivity index (χ2v) is 3.99. The summed E-state index contributed by atoms with van der Waals surface area (Å²) in [6.07, 6.45) is 1.55. The number of hydrogen-bond donors (Lipinski definition) is 3. The van der Waals surface area contributed by atoms with Crippen molar-refractivity contribution < 1.29 is 14.7 Å². The molecule has 88 valence electrons. The van der Waals surface area contributed by atoms with E-state index >= 15 is 0 Å². The summed E-state index contributed by atoms with van der Waals surface area (Å²) in [5.74, 6) is -0.797. The summed E-state index contributed by atoms with van der Waals surface area (Å²) in [6.45, 7) is 4.47. The van der Waals surface area contributed by atoms with Crippen LogP contribution in [0.5, 0.6) is 0 Å². The number of carbonyl (C=O) groups excluding carboxylic acids is 1. The summed E-state index contributed by atoms with van der Waals surface area (Å²) in [4.78, 5) is 21.4. The van der Waals surface area contributed by atoms with Gasteiger partial charge in [0.25, 0.3) is 0 Å². The van der Waals surface area contributed by atoms with Gasteiger partial charge in [-0.2, -0.15) is 0 Å².